The summed E-state index contributed by atoms with van der Waals surface area (Å²) in [5, 5.41) is 32.3. The lowest BCUT2D eigenvalue weighted by atomic mass is 9.50. The molecule has 1 amide bonds. The highest BCUT2D eigenvalue weighted by atomic mass is 32.2. The molecule has 0 aliphatic heterocycles. The van der Waals surface area contributed by atoms with E-state index in [4.69, 9.17) is 10.5 Å². The SMILES string of the molecule is NC(=O)C1C(=O)C[C@@H]2[C@@H](OCO)[C@H]3C(C(=O)c4c(O)cccc4[C@@H]3CSC3CCCC3)C(=O)[C@]2(O)C1=O. The van der Waals surface area contributed by atoms with Gasteiger partial charge in [-0.3, -0.25) is 24.0 Å². The molecule has 3 saturated carbocycles. The van der Waals surface area contributed by atoms with Gasteiger partial charge in [0.05, 0.1) is 17.6 Å². The van der Waals surface area contributed by atoms with E-state index in [0.29, 0.717) is 16.6 Å². The first kappa shape index (κ1) is 26.0. The molecule has 5 N–H and O–H groups in total. The maximum absolute atomic E-state index is 13.9. The minimum atomic E-state index is -2.88. The second-order valence-electron chi connectivity index (χ2n) is 10.4. The van der Waals surface area contributed by atoms with E-state index in [0.717, 1.165) is 25.7 Å². The van der Waals surface area contributed by atoms with Gasteiger partial charge in [-0.1, -0.05) is 25.0 Å². The molecule has 0 heterocycles. The molecule has 0 radical (unpaired) electrons. The van der Waals surface area contributed by atoms with E-state index in [9.17, 15) is 39.3 Å². The number of Topliss-reactive ketones (excluding diaryl/α,β-unsaturated/α-hetero) is 4. The van der Waals surface area contributed by atoms with E-state index in [-0.39, 0.29) is 11.3 Å². The van der Waals surface area contributed by atoms with Crippen LogP contribution in [0.3, 0.4) is 0 Å². The van der Waals surface area contributed by atoms with Gasteiger partial charge in [0.1, 0.15) is 12.5 Å². The summed E-state index contributed by atoms with van der Waals surface area (Å²) in [5.41, 5.74) is 2.84. The average Bonchev–Trinajstić information content (AvgIpc) is 3.36. The van der Waals surface area contributed by atoms with Gasteiger partial charge in [0, 0.05) is 35.2 Å². The Bertz CT molecular complexity index is 1180. The number of fused-ring (bicyclic) bond motifs is 3. The maximum Gasteiger partial charge on any atom is 0.235 e. The molecule has 10 nitrogen and oxygen atoms in total. The molecule has 37 heavy (non-hydrogen) atoms. The highest BCUT2D eigenvalue weighted by Gasteiger charge is 2.70. The van der Waals surface area contributed by atoms with Gasteiger partial charge in [0.15, 0.2) is 34.7 Å². The molecule has 0 spiro atoms. The van der Waals surface area contributed by atoms with Crippen molar-refractivity contribution in [1.29, 1.82) is 0 Å². The first-order valence-corrected chi connectivity index (χ1v) is 13.5. The number of thioether (sulfide) groups is 1. The van der Waals surface area contributed by atoms with Crippen molar-refractivity contribution in [3.8, 4) is 5.75 Å². The molecule has 0 bridgehead atoms. The number of aliphatic hydroxyl groups excluding tert-OH is 1. The van der Waals surface area contributed by atoms with Crippen LogP contribution in [0.15, 0.2) is 18.2 Å². The summed E-state index contributed by atoms with van der Waals surface area (Å²) in [6, 6.07) is 4.63. The third-order valence-electron chi connectivity index (χ3n) is 8.57. The Kier molecular flexibility index (Phi) is 6.76. The molecule has 1 aromatic rings. The molecular weight excluding hydrogens is 502 g/mol. The Morgan fingerprint density at radius 3 is 2.49 bits per heavy atom. The van der Waals surface area contributed by atoms with E-state index >= 15 is 0 Å². The number of aliphatic hydroxyl groups is 2. The normalized spacial score (nSPS) is 35.7. The van der Waals surface area contributed by atoms with Gasteiger partial charge in [-0.2, -0.15) is 11.8 Å². The zero-order valence-electron chi connectivity index (χ0n) is 20.0. The summed E-state index contributed by atoms with van der Waals surface area (Å²) >= 11 is 1.69. The van der Waals surface area contributed by atoms with Gasteiger partial charge >= 0.3 is 0 Å². The Labute approximate surface area is 216 Å². The molecule has 3 fully saturated rings. The van der Waals surface area contributed by atoms with Crippen LogP contribution in [0.1, 0.15) is 53.9 Å². The van der Waals surface area contributed by atoms with Gasteiger partial charge in [0.25, 0.3) is 0 Å². The minimum Gasteiger partial charge on any atom is -0.507 e. The van der Waals surface area contributed by atoms with Crippen LogP contribution in [0.25, 0.3) is 0 Å². The van der Waals surface area contributed by atoms with Gasteiger partial charge in [-0.05, 0) is 24.5 Å². The fourth-order valence-corrected chi connectivity index (χ4v) is 8.46. The van der Waals surface area contributed by atoms with Crippen molar-refractivity contribution in [1.82, 2.24) is 0 Å². The van der Waals surface area contributed by atoms with Gasteiger partial charge in [-0.15, -0.1) is 0 Å². The maximum atomic E-state index is 13.9. The molecule has 11 heteroatoms. The third kappa shape index (κ3) is 3.86. The first-order valence-electron chi connectivity index (χ1n) is 12.5. The zero-order valence-corrected chi connectivity index (χ0v) is 20.8. The van der Waals surface area contributed by atoms with E-state index in [1.807, 2.05) is 0 Å². The number of ether oxygens (including phenoxy) is 1. The molecular formula is C26H29NO9S. The first-order chi connectivity index (χ1) is 17.6. The molecule has 2 unspecified atom stereocenters. The van der Waals surface area contributed by atoms with Crippen LogP contribution in [-0.2, 0) is 23.9 Å². The molecule has 0 aromatic heterocycles. The fraction of sp³-hybridized carbons (Fsp3) is 0.577. The zero-order chi connectivity index (χ0) is 26.6. The molecule has 0 saturated heterocycles. The van der Waals surface area contributed by atoms with Crippen LogP contribution in [-0.4, -0.2) is 73.9 Å². The number of ketones is 4. The summed E-state index contributed by atoms with van der Waals surface area (Å²) in [7, 11) is 0. The van der Waals surface area contributed by atoms with Gasteiger partial charge < -0.3 is 25.8 Å². The molecule has 5 rings (SSSR count). The van der Waals surface area contributed by atoms with Crippen LogP contribution >= 0.6 is 11.8 Å². The smallest absolute Gasteiger partial charge is 0.235 e. The minimum absolute atomic E-state index is 0.0512. The summed E-state index contributed by atoms with van der Waals surface area (Å²) in [5.74, 6) is -11.7. The monoisotopic (exact) mass is 531 g/mol. The van der Waals surface area contributed by atoms with Crippen LogP contribution < -0.4 is 5.73 Å². The summed E-state index contributed by atoms with van der Waals surface area (Å²) in [6.07, 6.45) is 2.50. The number of phenolic OH excluding ortho intramolecular Hbond substituents is 1. The van der Waals surface area contributed by atoms with Crippen LogP contribution in [0.2, 0.25) is 0 Å². The number of phenols is 1. The number of hydrogen-bond donors (Lipinski definition) is 4. The molecule has 198 valence electrons. The standard InChI is InChI=1S/C26H29NO9S/c27-25(34)19-16(30)8-14-22(36-10-28)18-13(9-37-11-4-1-2-5-11)12-6-3-7-15(29)17(12)21(31)20(18)24(33)26(14,35)23(19)32/h3,6-7,11,13-14,18-20,22,28-29,35H,1-2,4-5,8-10H2,(H2,27,34)/t13-,14+,18+,19?,20?,22+,26+/m0/s1. The number of rotatable bonds is 6. The van der Waals surface area contributed by atoms with Crippen LogP contribution in [0.5, 0.6) is 5.75 Å². The van der Waals surface area contributed by atoms with E-state index in [1.54, 1.807) is 23.9 Å². The predicted molar refractivity (Wildman–Crippen MR) is 130 cm³/mol. The Balaban J connectivity index is 1.65. The average molecular weight is 532 g/mol. The quantitative estimate of drug-likeness (QED) is 0.298. The number of carbonyl (C=O) groups excluding carboxylic acids is 5. The van der Waals surface area contributed by atoms with Gasteiger partial charge in [0.2, 0.25) is 5.91 Å². The molecule has 1 aromatic carbocycles. The topological polar surface area (TPSA) is 181 Å². The van der Waals surface area contributed by atoms with Crippen molar-refractivity contribution in [2.24, 2.45) is 29.4 Å². The molecule has 7 atom stereocenters. The van der Waals surface area contributed by atoms with Gasteiger partial charge in [-0.25, -0.2) is 0 Å². The Hall–Kier alpha value is -2.60. The number of hydrogen-bond acceptors (Lipinski definition) is 10. The lowest BCUT2D eigenvalue weighted by Crippen LogP contribution is -2.73. The lowest BCUT2D eigenvalue weighted by molar-refractivity contribution is -0.203. The summed E-state index contributed by atoms with van der Waals surface area (Å²) in [6.45, 7) is -0.847. The number of amides is 1. The summed E-state index contributed by atoms with van der Waals surface area (Å²) < 4.78 is 5.62. The van der Waals surface area contributed by atoms with Crippen molar-refractivity contribution in [3.05, 3.63) is 29.3 Å². The lowest BCUT2D eigenvalue weighted by Gasteiger charge is -2.54. The van der Waals surface area contributed by atoms with Crippen molar-refractivity contribution < 1.29 is 44.0 Å². The van der Waals surface area contributed by atoms with Crippen molar-refractivity contribution >= 4 is 40.8 Å². The highest BCUT2D eigenvalue weighted by Crippen LogP contribution is 2.55. The number of aromatic hydroxyl groups is 1. The van der Waals surface area contributed by atoms with E-state index in [1.165, 1.54) is 6.07 Å². The molecule has 4 aliphatic rings. The van der Waals surface area contributed by atoms with Crippen molar-refractivity contribution in [2.45, 2.75) is 55.0 Å². The Morgan fingerprint density at radius 1 is 1.14 bits per heavy atom. The highest BCUT2D eigenvalue weighted by molar-refractivity contribution is 7.99. The molecule has 4 aliphatic carbocycles. The predicted octanol–water partition coefficient (Wildman–Crippen LogP) is 0.489. The van der Waals surface area contributed by atoms with Crippen molar-refractivity contribution in [3.63, 3.8) is 0 Å². The number of primary amides is 1. The van der Waals surface area contributed by atoms with E-state index < -0.39 is 83.5 Å². The fourth-order valence-electron chi connectivity index (χ4n) is 6.91. The van der Waals surface area contributed by atoms with E-state index in [2.05, 4.69) is 0 Å². The van der Waals surface area contributed by atoms with Crippen LogP contribution in [0, 0.1) is 23.7 Å². The van der Waals surface area contributed by atoms with Crippen molar-refractivity contribution in [2.75, 3.05) is 12.5 Å². The summed E-state index contributed by atoms with van der Waals surface area (Å²) in [4.78, 5) is 65.7. The van der Waals surface area contributed by atoms with Crippen LogP contribution in [0.4, 0.5) is 0 Å². The third-order valence-corrected chi connectivity index (χ3v) is 10.1. The Morgan fingerprint density at radius 2 is 1.84 bits per heavy atom. The number of carbonyl (C=O) groups is 5. The number of nitrogens with two attached hydrogens (primary N) is 1. The largest absolute Gasteiger partial charge is 0.507 e. The second-order valence-corrected chi connectivity index (χ2v) is 11.7. The number of benzene rings is 1. The second kappa shape index (κ2) is 9.61.